The van der Waals surface area contributed by atoms with Crippen LogP contribution in [-0.2, 0) is 9.59 Å². The van der Waals surface area contributed by atoms with Crippen LogP contribution in [0.2, 0.25) is 5.02 Å². The van der Waals surface area contributed by atoms with Crippen molar-refractivity contribution in [3.63, 3.8) is 0 Å². The average Bonchev–Trinajstić information content (AvgIpc) is 2.55. The summed E-state index contributed by atoms with van der Waals surface area (Å²) in [5.74, 6) is -0.513. The van der Waals surface area contributed by atoms with Gasteiger partial charge in [-0.2, -0.15) is 5.10 Å². The summed E-state index contributed by atoms with van der Waals surface area (Å²) >= 11 is 5.96. The number of carbonyl (C=O) groups excluding carboxylic acids is 2. The summed E-state index contributed by atoms with van der Waals surface area (Å²) in [6, 6.07) is 6.98. The number of halogens is 1. The fourth-order valence-corrected chi connectivity index (χ4v) is 2.08. The third kappa shape index (κ3) is 7.79. The van der Waals surface area contributed by atoms with Gasteiger partial charge in [0.2, 0.25) is 11.8 Å². The molecule has 0 atom stereocenters. The first-order valence-electron chi connectivity index (χ1n) is 7.95. The van der Waals surface area contributed by atoms with Gasteiger partial charge < -0.3 is 5.32 Å². The number of rotatable bonds is 9. The molecule has 0 saturated heterocycles. The predicted octanol–water partition coefficient (Wildman–Crippen LogP) is 4.13. The lowest BCUT2D eigenvalue weighted by Gasteiger charge is -2.07. The molecule has 6 heteroatoms. The molecule has 0 heterocycles. The van der Waals surface area contributed by atoms with Gasteiger partial charge in [-0.05, 0) is 31.4 Å². The number of hydrogen-bond acceptors (Lipinski definition) is 3. The molecule has 2 N–H and O–H groups in total. The Labute approximate surface area is 142 Å². The van der Waals surface area contributed by atoms with Crippen molar-refractivity contribution >= 4 is 34.8 Å². The van der Waals surface area contributed by atoms with Gasteiger partial charge in [0, 0.05) is 18.6 Å². The van der Waals surface area contributed by atoms with E-state index in [1.54, 1.807) is 24.3 Å². The number of hydrogen-bond donors (Lipinski definition) is 2. The smallest absolute Gasteiger partial charge is 0.240 e. The number of hydrazone groups is 1. The van der Waals surface area contributed by atoms with Crippen molar-refractivity contribution in [2.75, 3.05) is 5.32 Å². The van der Waals surface area contributed by atoms with Crippen molar-refractivity contribution in [1.82, 2.24) is 5.43 Å². The van der Waals surface area contributed by atoms with E-state index < -0.39 is 0 Å². The van der Waals surface area contributed by atoms with Crippen LogP contribution in [0.25, 0.3) is 0 Å². The predicted molar refractivity (Wildman–Crippen MR) is 94.7 cm³/mol. The van der Waals surface area contributed by atoms with Gasteiger partial charge in [-0.1, -0.05) is 44.0 Å². The summed E-state index contributed by atoms with van der Waals surface area (Å²) < 4.78 is 0. The maximum atomic E-state index is 11.8. The number of nitrogens with one attached hydrogen (secondary N) is 2. The number of carbonyl (C=O) groups is 2. The second-order valence-electron chi connectivity index (χ2n) is 5.20. The third-order valence-corrected chi connectivity index (χ3v) is 3.62. The summed E-state index contributed by atoms with van der Waals surface area (Å²) in [4.78, 5) is 23.6. The van der Waals surface area contributed by atoms with Crippen LogP contribution in [0.1, 0.15) is 52.4 Å². The topological polar surface area (TPSA) is 70.6 Å². The molecule has 5 nitrogen and oxygen atoms in total. The van der Waals surface area contributed by atoms with Crippen molar-refractivity contribution in [2.24, 2.45) is 5.10 Å². The van der Waals surface area contributed by atoms with Gasteiger partial charge in [0.15, 0.2) is 0 Å². The minimum atomic E-state index is -0.262. The molecule has 1 aromatic rings. The zero-order valence-electron chi connectivity index (χ0n) is 13.7. The second kappa shape index (κ2) is 10.8. The van der Waals surface area contributed by atoms with Crippen LogP contribution < -0.4 is 10.7 Å². The highest BCUT2D eigenvalue weighted by Crippen LogP contribution is 2.20. The molecule has 0 aliphatic carbocycles. The molecule has 0 aromatic heterocycles. The average molecular weight is 338 g/mol. The van der Waals surface area contributed by atoms with E-state index in [2.05, 4.69) is 22.8 Å². The van der Waals surface area contributed by atoms with Crippen LogP contribution in [0.5, 0.6) is 0 Å². The molecule has 0 spiro atoms. The Kier molecular flexibility index (Phi) is 8.98. The number of unbranched alkanes of at least 4 members (excludes halogenated alkanes) is 1. The van der Waals surface area contributed by atoms with Gasteiger partial charge in [-0.3, -0.25) is 9.59 Å². The van der Waals surface area contributed by atoms with E-state index in [9.17, 15) is 9.59 Å². The molecule has 1 rings (SSSR count). The van der Waals surface area contributed by atoms with Crippen LogP contribution in [0.4, 0.5) is 5.69 Å². The number of amides is 2. The molecule has 2 amide bonds. The molecule has 1 aromatic carbocycles. The Hall–Kier alpha value is -1.88. The fraction of sp³-hybridized carbons (Fsp3) is 0.471. The van der Waals surface area contributed by atoms with Gasteiger partial charge in [-0.25, -0.2) is 5.43 Å². The van der Waals surface area contributed by atoms with E-state index in [1.807, 2.05) is 6.92 Å². The van der Waals surface area contributed by atoms with Crippen LogP contribution in [0, 0.1) is 0 Å². The lowest BCUT2D eigenvalue weighted by Crippen LogP contribution is -2.22. The highest BCUT2D eigenvalue weighted by Gasteiger charge is 2.08. The van der Waals surface area contributed by atoms with Gasteiger partial charge in [-0.15, -0.1) is 0 Å². The number of para-hydroxylation sites is 1. The molecule has 0 aliphatic rings. The summed E-state index contributed by atoms with van der Waals surface area (Å²) in [5.41, 5.74) is 4.04. The van der Waals surface area contributed by atoms with E-state index in [0.29, 0.717) is 10.7 Å². The van der Waals surface area contributed by atoms with Crippen LogP contribution in [-0.4, -0.2) is 17.5 Å². The summed E-state index contributed by atoms with van der Waals surface area (Å²) in [5, 5.41) is 7.27. The first kappa shape index (κ1) is 19.2. The highest BCUT2D eigenvalue weighted by molar-refractivity contribution is 6.33. The van der Waals surface area contributed by atoms with Gasteiger partial charge in [0.05, 0.1) is 10.7 Å². The molecule has 126 valence electrons. The zero-order valence-corrected chi connectivity index (χ0v) is 14.4. The number of nitrogens with zero attached hydrogens (tertiary/aromatic N) is 1. The number of benzene rings is 1. The molecular formula is C17H24ClN3O2. The maximum absolute atomic E-state index is 11.8. The van der Waals surface area contributed by atoms with Crippen molar-refractivity contribution in [2.45, 2.75) is 52.4 Å². The summed E-state index contributed by atoms with van der Waals surface area (Å²) in [7, 11) is 0. The Morgan fingerprint density at radius 2 is 1.78 bits per heavy atom. The van der Waals surface area contributed by atoms with Crippen LogP contribution in [0.3, 0.4) is 0 Å². The van der Waals surface area contributed by atoms with Gasteiger partial charge in [0.25, 0.3) is 0 Å². The zero-order chi connectivity index (χ0) is 17.1. The molecule has 0 radical (unpaired) electrons. The van der Waals surface area contributed by atoms with E-state index >= 15 is 0 Å². The lowest BCUT2D eigenvalue weighted by atomic mass is 10.1. The molecule has 0 fully saturated rings. The van der Waals surface area contributed by atoms with Gasteiger partial charge >= 0.3 is 0 Å². The summed E-state index contributed by atoms with van der Waals surface area (Å²) in [6.07, 6.45) is 4.03. The fourth-order valence-electron chi connectivity index (χ4n) is 1.89. The van der Waals surface area contributed by atoms with E-state index in [1.165, 1.54) is 0 Å². The minimum absolute atomic E-state index is 0.0863. The normalized spacial score (nSPS) is 11.2. The van der Waals surface area contributed by atoms with Crippen molar-refractivity contribution in [1.29, 1.82) is 0 Å². The second-order valence-corrected chi connectivity index (χ2v) is 5.61. The van der Waals surface area contributed by atoms with E-state index in [-0.39, 0.29) is 24.7 Å². The van der Waals surface area contributed by atoms with E-state index in [0.717, 1.165) is 31.4 Å². The van der Waals surface area contributed by atoms with Crippen molar-refractivity contribution in [3.8, 4) is 0 Å². The largest absolute Gasteiger partial charge is 0.325 e. The molecule has 0 unspecified atom stereocenters. The first-order valence-corrected chi connectivity index (χ1v) is 8.33. The molecule has 0 bridgehead atoms. The first-order chi connectivity index (χ1) is 11.1. The molecule has 0 saturated carbocycles. The van der Waals surface area contributed by atoms with Crippen molar-refractivity contribution < 1.29 is 9.59 Å². The Balaban J connectivity index is 2.36. The maximum Gasteiger partial charge on any atom is 0.240 e. The van der Waals surface area contributed by atoms with Gasteiger partial charge in [0.1, 0.15) is 0 Å². The Morgan fingerprint density at radius 3 is 2.43 bits per heavy atom. The molecule has 23 heavy (non-hydrogen) atoms. The highest BCUT2D eigenvalue weighted by atomic mass is 35.5. The Morgan fingerprint density at radius 1 is 1.09 bits per heavy atom. The SMILES string of the molecule is CCCC/C(CC)=N/NC(=O)CCC(=O)Nc1ccccc1Cl. The minimum Gasteiger partial charge on any atom is -0.325 e. The van der Waals surface area contributed by atoms with E-state index in [4.69, 9.17) is 11.6 Å². The lowest BCUT2D eigenvalue weighted by molar-refractivity contribution is -0.124. The quantitative estimate of drug-likeness (QED) is 0.525. The van der Waals surface area contributed by atoms with Crippen LogP contribution in [0.15, 0.2) is 29.4 Å². The molecule has 0 aliphatic heterocycles. The Bertz CT molecular complexity index is 559. The molecular weight excluding hydrogens is 314 g/mol. The standard InChI is InChI=1S/C17H24ClN3O2/c1-3-5-8-13(4-2)20-21-17(23)12-11-16(22)19-15-10-7-6-9-14(15)18/h6-7,9-10H,3-5,8,11-12H2,1-2H3,(H,19,22)(H,21,23)/b20-13+. The monoisotopic (exact) mass is 337 g/mol. The number of anilines is 1. The summed E-state index contributed by atoms with van der Waals surface area (Å²) in [6.45, 7) is 4.13. The third-order valence-electron chi connectivity index (χ3n) is 3.29. The van der Waals surface area contributed by atoms with Crippen LogP contribution >= 0.6 is 11.6 Å². The van der Waals surface area contributed by atoms with Crippen molar-refractivity contribution in [3.05, 3.63) is 29.3 Å².